The lowest BCUT2D eigenvalue weighted by Crippen LogP contribution is -2.44. The first-order valence-electron chi connectivity index (χ1n) is 7.52. The van der Waals surface area contributed by atoms with E-state index in [1.54, 1.807) is 12.0 Å². The van der Waals surface area contributed by atoms with Gasteiger partial charge in [-0.15, -0.1) is 0 Å². The Morgan fingerprint density at radius 2 is 2.14 bits per heavy atom. The minimum atomic E-state index is -0.874. The quantitative estimate of drug-likeness (QED) is 0.796. The first-order chi connectivity index (χ1) is 10.5. The van der Waals surface area contributed by atoms with E-state index < -0.39 is 11.4 Å². The molecule has 1 aromatic rings. The van der Waals surface area contributed by atoms with Gasteiger partial charge in [0.05, 0.1) is 18.6 Å². The Morgan fingerprint density at radius 3 is 2.59 bits per heavy atom. The predicted molar refractivity (Wildman–Crippen MR) is 79.3 cm³/mol. The maximum atomic E-state index is 12.5. The molecular weight excluding hydrogens is 286 g/mol. The average molecular weight is 309 g/mol. The number of carbonyl (C=O) groups is 2. The number of carboxylic acid groups (broad SMARTS) is 1. The molecule has 6 nitrogen and oxygen atoms in total. The summed E-state index contributed by atoms with van der Waals surface area (Å²) in [7, 11) is 1.57. The zero-order valence-electron chi connectivity index (χ0n) is 13.1. The number of furan rings is 1. The topological polar surface area (TPSA) is 80.0 Å². The molecule has 1 aliphatic rings. The molecule has 0 bridgehead atoms. The van der Waals surface area contributed by atoms with Crippen LogP contribution in [0.4, 0.5) is 0 Å². The summed E-state index contributed by atoms with van der Waals surface area (Å²) in [5.74, 6) is 0.455. The lowest BCUT2D eigenvalue weighted by Gasteiger charge is -2.38. The molecule has 0 aliphatic heterocycles. The number of aliphatic carboxylic acids is 1. The van der Waals surface area contributed by atoms with Gasteiger partial charge < -0.3 is 19.2 Å². The van der Waals surface area contributed by atoms with E-state index in [9.17, 15) is 14.7 Å². The highest BCUT2D eigenvalue weighted by Crippen LogP contribution is 2.44. The van der Waals surface area contributed by atoms with Crippen LogP contribution in [0.2, 0.25) is 0 Å². The van der Waals surface area contributed by atoms with Crippen molar-refractivity contribution in [3.05, 3.63) is 23.7 Å². The van der Waals surface area contributed by atoms with Gasteiger partial charge in [-0.3, -0.25) is 9.59 Å². The Balaban J connectivity index is 2.03. The number of methoxy groups -OCH3 is 1. The van der Waals surface area contributed by atoms with Gasteiger partial charge in [-0.2, -0.15) is 0 Å². The highest BCUT2D eigenvalue weighted by atomic mass is 16.5. The fraction of sp³-hybridized carbons (Fsp3) is 0.625. The largest absolute Gasteiger partial charge is 0.481 e. The van der Waals surface area contributed by atoms with E-state index in [0.717, 1.165) is 12.2 Å². The van der Waals surface area contributed by atoms with Crippen LogP contribution >= 0.6 is 0 Å². The lowest BCUT2D eigenvalue weighted by atomic mass is 9.66. The van der Waals surface area contributed by atoms with Gasteiger partial charge in [-0.25, -0.2) is 0 Å². The predicted octanol–water partition coefficient (Wildman–Crippen LogP) is 2.21. The van der Waals surface area contributed by atoms with Gasteiger partial charge >= 0.3 is 5.97 Å². The summed E-state index contributed by atoms with van der Waals surface area (Å²) in [4.78, 5) is 25.6. The number of carbonyl (C=O) groups excluding carboxylic acids is 1. The van der Waals surface area contributed by atoms with E-state index >= 15 is 0 Å². The van der Waals surface area contributed by atoms with Crippen molar-refractivity contribution in [1.29, 1.82) is 0 Å². The summed E-state index contributed by atoms with van der Waals surface area (Å²) < 4.78 is 10.6. The van der Waals surface area contributed by atoms with Crippen LogP contribution in [-0.2, 0) is 20.9 Å². The SMILES string of the molecule is COCCN(Cc1ccc(C)o1)C(=O)CC1(C(=O)O)CCC1. The zero-order chi connectivity index (χ0) is 16.2. The number of hydrogen-bond donors (Lipinski definition) is 1. The van der Waals surface area contributed by atoms with Crippen LogP contribution < -0.4 is 0 Å². The van der Waals surface area contributed by atoms with E-state index in [-0.39, 0.29) is 12.3 Å². The van der Waals surface area contributed by atoms with Crippen molar-refractivity contribution in [2.45, 2.75) is 39.2 Å². The molecule has 1 heterocycles. The van der Waals surface area contributed by atoms with Crippen molar-refractivity contribution < 1.29 is 23.8 Å². The van der Waals surface area contributed by atoms with Crippen molar-refractivity contribution in [3.63, 3.8) is 0 Å². The van der Waals surface area contributed by atoms with E-state index in [0.29, 0.717) is 38.3 Å². The molecule has 6 heteroatoms. The molecule has 0 atom stereocenters. The number of carboxylic acids is 1. The number of hydrogen-bond acceptors (Lipinski definition) is 4. The molecule has 2 rings (SSSR count). The Morgan fingerprint density at radius 1 is 1.41 bits per heavy atom. The Kier molecular flexibility index (Phi) is 5.24. The summed E-state index contributed by atoms with van der Waals surface area (Å²) in [5.41, 5.74) is -0.874. The molecule has 0 aromatic carbocycles. The second kappa shape index (κ2) is 6.96. The smallest absolute Gasteiger partial charge is 0.310 e. The third kappa shape index (κ3) is 3.68. The molecule has 0 saturated heterocycles. The zero-order valence-corrected chi connectivity index (χ0v) is 13.1. The molecule has 0 unspecified atom stereocenters. The maximum absolute atomic E-state index is 12.5. The van der Waals surface area contributed by atoms with E-state index in [4.69, 9.17) is 9.15 Å². The minimum absolute atomic E-state index is 0.0474. The number of nitrogens with zero attached hydrogens (tertiary/aromatic N) is 1. The normalized spacial score (nSPS) is 16.1. The highest BCUT2D eigenvalue weighted by Gasteiger charge is 2.46. The molecular formula is C16H23NO5. The molecule has 122 valence electrons. The standard InChI is InChI=1S/C16H23NO5/c1-12-4-5-13(22-12)11-17(8-9-21-2)14(18)10-16(15(19)20)6-3-7-16/h4-5H,3,6-11H2,1-2H3,(H,19,20). The van der Waals surface area contributed by atoms with Crippen LogP contribution in [0.5, 0.6) is 0 Å². The third-order valence-corrected chi connectivity index (χ3v) is 4.31. The van der Waals surface area contributed by atoms with Crippen LogP contribution in [0.1, 0.15) is 37.2 Å². The second-order valence-electron chi connectivity index (χ2n) is 5.94. The first-order valence-corrected chi connectivity index (χ1v) is 7.52. The third-order valence-electron chi connectivity index (χ3n) is 4.31. The molecule has 1 N–H and O–H groups in total. The van der Waals surface area contributed by atoms with Crippen LogP contribution in [0.15, 0.2) is 16.5 Å². The summed E-state index contributed by atoms with van der Waals surface area (Å²) >= 11 is 0. The van der Waals surface area contributed by atoms with Crippen molar-refractivity contribution in [2.24, 2.45) is 5.41 Å². The fourth-order valence-electron chi connectivity index (χ4n) is 2.72. The molecule has 0 spiro atoms. The molecule has 1 saturated carbocycles. The van der Waals surface area contributed by atoms with Gasteiger partial charge in [0.25, 0.3) is 0 Å². The van der Waals surface area contributed by atoms with Gasteiger partial charge in [0.2, 0.25) is 5.91 Å². The van der Waals surface area contributed by atoms with Crippen LogP contribution in [-0.4, -0.2) is 42.1 Å². The van der Waals surface area contributed by atoms with E-state index in [1.807, 2.05) is 19.1 Å². The summed E-state index contributed by atoms with van der Waals surface area (Å²) in [6.07, 6.45) is 2.07. The highest BCUT2D eigenvalue weighted by molar-refractivity contribution is 5.85. The number of aryl methyl sites for hydroxylation is 1. The summed E-state index contributed by atoms with van der Waals surface area (Å²) in [6.45, 7) is 3.01. The molecule has 1 aliphatic carbocycles. The van der Waals surface area contributed by atoms with Crippen molar-refractivity contribution >= 4 is 11.9 Å². The monoisotopic (exact) mass is 309 g/mol. The Bertz CT molecular complexity index is 532. The summed E-state index contributed by atoms with van der Waals surface area (Å²) in [5, 5.41) is 9.37. The Hall–Kier alpha value is -1.82. The van der Waals surface area contributed by atoms with Gasteiger partial charge in [0.1, 0.15) is 11.5 Å². The second-order valence-corrected chi connectivity index (χ2v) is 5.94. The summed E-state index contributed by atoms with van der Waals surface area (Å²) in [6, 6.07) is 3.68. The molecule has 1 aromatic heterocycles. The van der Waals surface area contributed by atoms with E-state index in [2.05, 4.69) is 0 Å². The van der Waals surface area contributed by atoms with Crippen LogP contribution in [0, 0.1) is 12.3 Å². The Labute approximate surface area is 130 Å². The van der Waals surface area contributed by atoms with Crippen molar-refractivity contribution in [3.8, 4) is 0 Å². The molecule has 22 heavy (non-hydrogen) atoms. The molecule has 1 fully saturated rings. The van der Waals surface area contributed by atoms with Crippen molar-refractivity contribution in [2.75, 3.05) is 20.3 Å². The number of ether oxygens (including phenoxy) is 1. The number of amides is 1. The van der Waals surface area contributed by atoms with Crippen molar-refractivity contribution in [1.82, 2.24) is 4.90 Å². The van der Waals surface area contributed by atoms with E-state index in [1.165, 1.54) is 0 Å². The first kappa shape index (κ1) is 16.5. The van der Waals surface area contributed by atoms with Crippen LogP contribution in [0.25, 0.3) is 0 Å². The minimum Gasteiger partial charge on any atom is -0.481 e. The van der Waals surface area contributed by atoms with Gasteiger partial charge in [0, 0.05) is 20.1 Å². The number of rotatable bonds is 8. The van der Waals surface area contributed by atoms with Gasteiger partial charge in [0.15, 0.2) is 0 Å². The van der Waals surface area contributed by atoms with Gasteiger partial charge in [-0.05, 0) is 31.9 Å². The lowest BCUT2D eigenvalue weighted by molar-refractivity contribution is -0.159. The van der Waals surface area contributed by atoms with Gasteiger partial charge in [-0.1, -0.05) is 6.42 Å². The van der Waals surface area contributed by atoms with Crippen LogP contribution in [0.3, 0.4) is 0 Å². The average Bonchev–Trinajstić information content (AvgIpc) is 2.83. The molecule has 0 radical (unpaired) electrons. The molecule has 1 amide bonds. The maximum Gasteiger partial charge on any atom is 0.310 e. The fourth-order valence-corrected chi connectivity index (χ4v) is 2.72.